The summed E-state index contributed by atoms with van der Waals surface area (Å²) in [6.45, 7) is 4.62. The number of nitrogens with one attached hydrogen (secondary N) is 1. The molecule has 3 atom stereocenters. The Labute approximate surface area is 159 Å². The molecule has 6 heteroatoms. The van der Waals surface area contributed by atoms with Crippen LogP contribution < -0.4 is 5.32 Å². The third kappa shape index (κ3) is 3.96. The molecule has 5 nitrogen and oxygen atoms in total. The highest BCUT2D eigenvalue weighted by Crippen LogP contribution is 2.31. The summed E-state index contributed by atoms with van der Waals surface area (Å²) in [4.78, 5) is 29.9. The normalized spacial score (nSPS) is 28.4. The number of piperidine rings is 2. The van der Waals surface area contributed by atoms with E-state index in [-0.39, 0.29) is 5.91 Å². The molecule has 0 aromatic carbocycles. The third-order valence-electron chi connectivity index (χ3n) is 6.19. The molecule has 3 aliphatic heterocycles. The molecule has 1 aromatic heterocycles. The highest BCUT2D eigenvalue weighted by Gasteiger charge is 2.38. The van der Waals surface area contributed by atoms with Gasteiger partial charge in [0.05, 0.1) is 4.88 Å². The molecular formula is C20H29N3O2S. The quantitative estimate of drug-likeness (QED) is 0.861. The zero-order chi connectivity index (χ0) is 17.9. The van der Waals surface area contributed by atoms with Crippen LogP contribution in [0.2, 0.25) is 0 Å². The summed E-state index contributed by atoms with van der Waals surface area (Å²) < 4.78 is 0. The molecule has 3 saturated heterocycles. The van der Waals surface area contributed by atoms with Crippen LogP contribution in [0.15, 0.2) is 17.5 Å². The fourth-order valence-corrected chi connectivity index (χ4v) is 5.52. The number of hydrogen-bond donors (Lipinski definition) is 1. The number of rotatable bonds is 5. The minimum atomic E-state index is 0.194. The summed E-state index contributed by atoms with van der Waals surface area (Å²) in [5.74, 6) is 1.61. The Bertz CT molecular complexity index is 627. The molecule has 0 spiro atoms. The second kappa shape index (κ2) is 8.09. The maximum Gasteiger partial charge on any atom is 0.263 e. The maximum absolute atomic E-state index is 12.7. The lowest BCUT2D eigenvalue weighted by Crippen LogP contribution is -2.57. The van der Waals surface area contributed by atoms with Gasteiger partial charge in [-0.3, -0.25) is 9.59 Å². The number of carbonyl (C=O) groups excluding carboxylic acids is 2. The average molecular weight is 376 g/mol. The van der Waals surface area contributed by atoms with E-state index in [2.05, 4.69) is 10.2 Å². The van der Waals surface area contributed by atoms with Crippen molar-refractivity contribution in [1.82, 2.24) is 15.1 Å². The third-order valence-corrected chi connectivity index (χ3v) is 7.05. The molecule has 0 saturated carbocycles. The lowest BCUT2D eigenvalue weighted by molar-refractivity contribution is -0.130. The smallest absolute Gasteiger partial charge is 0.263 e. The van der Waals surface area contributed by atoms with Gasteiger partial charge in [-0.25, -0.2) is 0 Å². The number of thiophene rings is 1. The molecule has 142 valence electrons. The molecule has 2 amide bonds. The van der Waals surface area contributed by atoms with Gasteiger partial charge in [-0.1, -0.05) is 6.07 Å². The van der Waals surface area contributed by atoms with Gasteiger partial charge < -0.3 is 15.1 Å². The van der Waals surface area contributed by atoms with E-state index in [4.69, 9.17) is 0 Å². The van der Waals surface area contributed by atoms with Gasteiger partial charge in [-0.2, -0.15) is 0 Å². The molecular weight excluding hydrogens is 346 g/mol. The minimum absolute atomic E-state index is 0.194. The second-order valence-corrected chi connectivity index (χ2v) is 8.99. The molecule has 4 rings (SSSR count). The van der Waals surface area contributed by atoms with Crippen LogP contribution in [0.4, 0.5) is 0 Å². The van der Waals surface area contributed by atoms with Crippen LogP contribution in [-0.4, -0.2) is 60.4 Å². The summed E-state index contributed by atoms with van der Waals surface area (Å²) >= 11 is 1.53. The number of hydrogen-bond acceptors (Lipinski definition) is 4. The zero-order valence-corrected chi connectivity index (χ0v) is 16.2. The molecule has 1 N–H and O–H groups in total. The number of carbonyl (C=O) groups is 2. The Morgan fingerprint density at radius 2 is 2.04 bits per heavy atom. The molecule has 2 bridgehead atoms. The minimum Gasteiger partial charge on any atom is -0.343 e. The predicted octanol–water partition coefficient (Wildman–Crippen LogP) is 2.59. The first-order valence-electron chi connectivity index (χ1n) is 10.0. The Morgan fingerprint density at radius 1 is 1.19 bits per heavy atom. The molecule has 1 aromatic rings. The number of amides is 2. The summed E-state index contributed by atoms with van der Waals surface area (Å²) in [5, 5.41) is 5.67. The van der Waals surface area contributed by atoms with E-state index < -0.39 is 0 Å². The number of fused-ring (bicyclic) bond motifs is 2. The van der Waals surface area contributed by atoms with E-state index >= 15 is 0 Å². The number of likely N-dealkylation sites (tertiary alicyclic amines) is 2. The van der Waals surface area contributed by atoms with Crippen molar-refractivity contribution in [1.29, 1.82) is 0 Å². The molecule has 0 radical (unpaired) electrons. The van der Waals surface area contributed by atoms with Crippen LogP contribution in [0, 0.1) is 11.8 Å². The molecule has 26 heavy (non-hydrogen) atoms. The Kier molecular flexibility index (Phi) is 5.60. The van der Waals surface area contributed by atoms with Gasteiger partial charge in [0, 0.05) is 38.6 Å². The van der Waals surface area contributed by atoms with Crippen LogP contribution in [0.1, 0.15) is 48.2 Å². The molecule has 0 unspecified atom stereocenters. The highest BCUT2D eigenvalue weighted by molar-refractivity contribution is 7.12. The summed E-state index contributed by atoms with van der Waals surface area (Å²) in [7, 11) is 0. The van der Waals surface area contributed by atoms with Crippen molar-refractivity contribution in [3.05, 3.63) is 22.4 Å². The summed E-state index contributed by atoms with van der Waals surface area (Å²) in [5.41, 5.74) is 0. The van der Waals surface area contributed by atoms with Gasteiger partial charge in [-0.05, 0) is 61.9 Å². The van der Waals surface area contributed by atoms with E-state index in [1.54, 1.807) is 0 Å². The fraction of sp³-hybridized carbons (Fsp3) is 0.700. The molecule has 4 heterocycles. The Morgan fingerprint density at radius 3 is 2.81 bits per heavy atom. The van der Waals surface area contributed by atoms with Crippen LogP contribution in [0.25, 0.3) is 0 Å². The molecule has 3 aliphatic rings. The topological polar surface area (TPSA) is 52.7 Å². The van der Waals surface area contributed by atoms with E-state index in [0.717, 1.165) is 63.3 Å². The lowest BCUT2D eigenvalue weighted by Gasteiger charge is -2.46. The van der Waals surface area contributed by atoms with Gasteiger partial charge in [0.2, 0.25) is 5.91 Å². The van der Waals surface area contributed by atoms with E-state index in [1.165, 1.54) is 17.8 Å². The van der Waals surface area contributed by atoms with Gasteiger partial charge in [0.15, 0.2) is 0 Å². The van der Waals surface area contributed by atoms with Crippen molar-refractivity contribution in [2.45, 2.75) is 44.6 Å². The van der Waals surface area contributed by atoms with E-state index in [9.17, 15) is 9.59 Å². The van der Waals surface area contributed by atoms with Crippen LogP contribution in [0.3, 0.4) is 0 Å². The predicted molar refractivity (Wildman–Crippen MR) is 103 cm³/mol. The first kappa shape index (κ1) is 18.0. The summed E-state index contributed by atoms with van der Waals surface area (Å²) in [6.07, 6.45) is 6.20. The van der Waals surface area contributed by atoms with Gasteiger partial charge in [-0.15, -0.1) is 11.3 Å². The highest BCUT2D eigenvalue weighted by atomic mass is 32.1. The second-order valence-electron chi connectivity index (χ2n) is 8.04. The number of nitrogens with zero attached hydrogens (tertiary/aromatic N) is 2. The largest absolute Gasteiger partial charge is 0.343 e. The van der Waals surface area contributed by atoms with Crippen molar-refractivity contribution in [2.24, 2.45) is 11.8 Å². The standard InChI is InChI=1S/C20H29N3O2S/c24-19(22-8-1-2-9-22)7-3-5-17-16-11-15(12-21-17)13-23(14-16)20(25)18-6-4-10-26-18/h4,6,10,15-17,21H,1-3,5,7-9,11-14H2/t15-,16+,17+/m0/s1. The Balaban J connectivity index is 1.28. The maximum atomic E-state index is 12.7. The van der Waals surface area contributed by atoms with Crippen LogP contribution in [0.5, 0.6) is 0 Å². The van der Waals surface area contributed by atoms with E-state index in [1.807, 2.05) is 22.4 Å². The lowest BCUT2D eigenvalue weighted by atomic mass is 9.79. The van der Waals surface area contributed by atoms with Crippen molar-refractivity contribution in [3.8, 4) is 0 Å². The first-order valence-corrected chi connectivity index (χ1v) is 10.9. The zero-order valence-electron chi connectivity index (χ0n) is 15.4. The van der Waals surface area contributed by atoms with Gasteiger partial charge in [0.1, 0.15) is 0 Å². The average Bonchev–Trinajstić information content (AvgIpc) is 3.36. The molecule has 0 aliphatic carbocycles. The van der Waals surface area contributed by atoms with Crippen LogP contribution >= 0.6 is 11.3 Å². The van der Waals surface area contributed by atoms with Crippen molar-refractivity contribution in [3.63, 3.8) is 0 Å². The van der Waals surface area contributed by atoms with Crippen molar-refractivity contribution < 1.29 is 9.59 Å². The molecule has 3 fully saturated rings. The van der Waals surface area contributed by atoms with Gasteiger partial charge in [0.25, 0.3) is 5.91 Å². The Hall–Kier alpha value is -1.40. The van der Waals surface area contributed by atoms with Crippen molar-refractivity contribution >= 4 is 23.2 Å². The van der Waals surface area contributed by atoms with Gasteiger partial charge >= 0.3 is 0 Å². The monoisotopic (exact) mass is 375 g/mol. The van der Waals surface area contributed by atoms with Crippen molar-refractivity contribution in [2.75, 3.05) is 32.7 Å². The fourth-order valence-electron chi connectivity index (χ4n) is 4.83. The summed E-state index contributed by atoms with van der Waals surface area (Å²) in [6, 6.07) is 4.32. The van der Waals surface area contributed by atoms with Crippen LogP contribution in [-0.2, 0) is 4.79 Å². The first-order chi connectivity index (χ1) is 12.7. The van der Waals surface area contributed by atoms with E-state index in [0.29, 0.717) is 30.2 Å². The SMILES string of the molecule is O=C(CCC[C@H]1NC[C@@H]2C[C@@H]1CN(C(=O)c1cccs1)C2)N1CCCC1.